The number of ether oxygens (including phenoxy) is 1. The Balaban J connectivity index is 3.37. The van der Waals surface area contributed by atoms with Gasteiger partial charge in [-0.25, -0.2) is 9.18 Å². The van der Waals surface area contributed by atoms with Crippen LogP contribution in [0.3, 0.4) is 0 Å². The van der Waals surface area contributed by atoms with E-state index in [0.29, 0.717) is 0 Å². The number of pyridine rings is 1. The summed E-state index contributed by atoms with van der Waals surface area (Å²) in [6, 6.07) is -0.00998. The summed E-state index contributed by atoms with van der Waals surface area (Å²) in [5, 5.41) is 18.8. The zero-order valence-electron chi connectivity index (χ0n) is 8.06. The van der Waals surface area contributed by atoms with Crippen molar-refractivity contribution in [1.82, 2.24) is 4.98 Å². The van der Waals surface area contributed by atoms with Crippen molar-refractivity contribution in [3.8, 4) is 5.88 Å². The molecule has 0 atom stereocenters. The molecule has 1 heterocycles. The first-order valence-electron chi connectivity index (χ1n) is 3.96. The van der Waals surface area contributed by atoms with Crippen LogP contribution < -0.4 is 4.74 Å². The van der Waals surface area contributed by atoms with Gasteiger partial charge in [0.2, 0.25) is 0 Å². The molecular formula is C7H2F4N2O5. The third-order valence-electron chi connectivity index (χ3n) is 1.54. The molecule has 0 unspecified atom stereocenters. The van der Waals surface area contributed by atoms with Gasteiger partial charge in [-0.1, -0.05) is 0 Å². The fourth-order valence-electron chi connectivity index (χ4n) is 0.981. The molecule has 18 heavy (non-hydrogen) atoms. The molecule has 0 amide bonds. The third kappa shape index (κ3) is 3.02. The topological polar surface area (TPSA) is 103 Å². The van der Waals surface area contributed by atoms with Crippen molar-refractivity contribution in [1.29, 1.82) is 0 Å². The van der Waals surface area contributed by atoms with E-state index < -0.39 is 40.3 Å². The number of carboxylic acids is 1. The highest BCUT2D eigenvalue weighted by molar-refractivity contribution is 5.91. The van der Waals surface area contributed by atoms with E-state index in [4.69, 9.17) is 5.11 Å². The van der Waals surface area contributed by atoms with E-state index in [1.54, 1.807) is 0 Å². The number of hydrogen-bond acceptors (Lipinski definition) is 5. The second-order valence-corrected chi connectivity index (χ2v) is 2.75. The van der Waals surface area contributed by atoms with Gasteiger partial charge in [0.15, 0.2) is 11.4 Å². The predicted molar refractivity (Wildman–Crippen MR) is 44.5 cm³/mol. The van der Waals surface area contributed by atoms with Crippen molar-refractivity contribution in [2.75, 3.05) is 0 Å². The number of rotatable bonds is 3. The van der Waals surface area contributed by atoms with Gasteiger partial charge in [-0.05, 0) is 4.92 Å². The lowest BCUT2D eigenvalue weighted by Crippen LogP contribution is -2.19. The zero-order valence-corrected chi connectivity index (χ0v) is 8.06. The molecule has 98 valence electrons. The Hall–Kier alpha value is -2.46. The second-order valence-electron chi connectivity index (χ2n) is 2.75. The van der Waals surface area contributed by atoms with E-state index >= 15 is 0 Å². The van der Waals surface area contributed by atoms with Gasteiger partial charge in [-0.15, -0.1) is 13.2 Å². The van der Waals surface area contributed by atoms with Crippen molar-refractivity contribution in [2.45, 2.75) is 6.36 Å². The highest BCUT2D eigenvalue weighted by Gasteiger charge is 2.36. The maximum atomic E-state index is 13.1. The molecule has 1 aromatic rings. The van der Waals surface area contributed by atoms with Crippen LogP contribution in [0.5, 0.6) is 5.88 Å². The lowest BCUT2D eigenvalue weighted by Gasteiger charge is -2.06. The van der Waals surface area contributed by atoms with Gasteiger partial charge in [0, 0.05) is 4.98 Å². The third-order valence-corrected chi connectivity index (χ3v) is 1.54. The molecule has 0 fully saturated rings. The van der Waals surface area contributed by atoms with Crippen molar-refractivity contribution < 1.29 is 37.1 Å². The minimum Gasteiger partial charge on any atom is -0.477 e. The predicted octanol–water partition coefficient (Wildman–Crippen LogP) is 1.73. The van der Waals surface area contributed by atoms with Gasteiger partial charge >= 0.3 is 24.0 Å². The van der Waals surface area contributed by atoms with Crippen LogP contribution in [0.25, 0.3) is 0 Å². The summed E-state index contributed by atoms with van der Waals surface area (Å²) < 4.78 is 51.7. The standard InChI is InChI=1S/C7H2F4N2O5/c8-2-1-3(18-7(9,10)11)12-5(13(16)17)4(2)6(14)15/h1H,(H,14,15). The Bertz CT molecular complexity index is 515. The van der Waals surface area contributed by atoms with Crippen molar-refractivity contribution in [3.63, 3.8) is 0 Å². The summed E-state index contributed by atoms with van der Waals surface area (Å²) in [7, 11) is 0. The van der Waals surface area contributed by atoms with Crippen LogP contribution in [0.15, 0.2) is 6.07 Å². The molecule has 7 nitrogen and oxygen atoms in total. The van der Waals surface area contributed by atoms with Gasteiger partial charge < -0.3 is 20.0 Å². The molecule has 0 aromatic carbocycles. The van der Waals surface area contributed by atoms with Crippen LogP contribution in [0.4, 0.5) is 23.4 Å². The normalized spacial score (nSPS) is 11.1. The van der Waals surface area contributed by atoms with Gasteiger partial charge in [-0.3, -0.25) is 0 Å². The van der Waals surface area contributed by atoms with E-state index in [2.05, 4.69) is 9.72 Å². The second kappa shape index (κ2) is 4.43. The van der Waals surface area contributed by atoms with Gasteiger partial charge in [0.05, 0.1) is 6.07 Å². The summed E-state index contributed by atoms with van der Waals surface area (Å²) in [6.45, 7) is 0. The van der Waals surface area contributed by atoms with Crippen LogP contribution >= 0.6 is 0 Å². The molecule has 11 heteroatoms. The average molecular weight is 270 g/mol. The molecule has 0 spiro atoms. The Kier molecular flexibility index (Phi) is 3.35. The summed E-state index contributed by atoms with van der Waals surface area (Å²) in [4.78, 5) is 22.1. The van der Waals surface area contributed by atoms with Crippen LogP contribution in [-0.2, 0) is 0 Å². The fourth-order valence-corrected chi connectivity index (χ4v) is 0.981. The van der Waals surface area contributed by atoms with E-state index in [-0.39, 0.29) is 6.07 Å². The number of nitro groups is 1. The number of carbonyl (C=O) groups is 1. The minimum absolute atomic E-state index is 0.00998. The summed E-state index contributed by atoms with van der Waals surface area (Å²) in [5.41, 5.74) is -1.45. The Morgan fingerprint density at radius 3 is 2.44 bits per heavy atom. The van der Waals surface area contributed by atoms with E-state index in [1.807, 2.05) is 0 Å². The van der Waals surface area contributed by atoms with Crippen molar-refractivity contribution >= 4 is 11.8 Å². The van der Waals surface area contributed by atoms with Gasteiger partial charge in [0.1, 0.15) is 0 Å². The molecule has 1 N–H and O–H groups in total. The molecule has 0 saturated carbocycles. The first-order valence-corrected chi connectivity index (χ1v) is 3.96. The van der Waals surface area contributed by atoms with E-state index in [1.165, 1.54) is 0 Å². The van der Waals surface area contributed by atoms with Crippen molar-refractivity contribution in [2.24, 2.45) is 0 Å². The number of halogens is 4. The first-order chi connectivity index (χ1) is 8.11. The summed E-state index contributed by atoms with van der Waals surface area (Å²) >= 11 is 0. The first kappa shape index (κ1) is 13.6. The molecule has 1 aromatic heterocycles. The molecule has 0 aliphatic rings. The van der Waals surface area contributed by atoms with Crippen LogP contribution in [0, 0.1) is 15.9 Å². The number of hydrogen-bond donors (Lipinski definition) is 1. The number of aromatic carboxylic acids is 1. The molecule has 0 saturated heterocycles. The molecule has 0 bridgehead atoms. The van der Waals surface area contributed by atoms with Crippen LogP contribution in [0.1, 0.15) is 10.4 Å². The zero-order chi connectivity index (χ0) is 14.1. The molecule has 1 rings (SSSR count). The van der Waals surface area contributed by atoms with Crippen LogP contribution in [0.2, 0.25) is 0 Å². The summed E-state index contributed by atoms with van der Waals surface area (Å²) in [6.07, 6.45) is -5.24. The molecule has 0 aliphatic heterocycles. The lowest BCUT2D eigenvalue weighted by atomic mass is 10.2. The van der Waals surface area contributed by atoms with E-state index in [9.17, 15) is 32.5 Å². The van der Waals surface area contributed by atoms with Gasteiger partial charge in [-0.2, -0.15) is 0 Å². The average Bonchev–Trinajstić information content (AvgIpc) is 2.12. The quantitative estimate of drug-likeness (QED) is 0.509. The number of alkyl halides is 3. The molecule has 0 radical (unpaired) electrons. The Labute approximate surface area is 94.8 Å². The number of carboxylic acid groups (broad SMARTS) is 1. The van der Waals surface area contributed by atoms with Crippen LogP contribution in [-0.4, -0.2) is 27.3 Å². The monoisotopic (exact) mass is 270 g/mol. The smallest absolute Gasteiger partial charge is 0.477 e. The maximum Gasteiger partial charge on any atom is 0.575 e. The highest BCUT2D eigenvalue weighted by atomic mass is 19.4. The molecule has 0 aliphatic carbocycles. The Morgan fingerprint density at radius 2 is 2.06 bits per heavy atom. The highest BCUT2D eigenvalue weighted by Crippen LogP contribution is 2.27. The Morgan fingerprint density at radius 1 is 1.50 bits per heavy atom. The molecular weight excluding hydrogens is 268 g/mol. The summed E-state index contributed by atoms with van der Waals surface area (Å²) in [5.74, 6) is -6.84. The lowest BCUT2D eigenvalue weighted by molar-refractivity contribution is -0.390. The van der Waals surface area contributed by atoms with Crippen molar-refractivity contribution in [3.05, 3.63) is 27.6 Å². The number of nitrogens with zero attached hydrogens (tertiary/aromatic N) is 2. The maximum absolute atomic E-state index is 13.1. The van der Waals surface area contributed by atoms with Gasteiger partial charge in [0.25, 0.3) is 0 Å². The SMILES string of the molecule is O=C(O)c1c(F)cc(OC(F)(F)F)nc1[N+](=O)[O-]. The fraction of sp³-hybridized carbons (Fsp3) is 0.143. The minimum atomic E-state index is -5.24. The van der Waals surface area contributed by atoms with E-state index in [0.717, 1.165) is 0 Å². The largest absolute Gasteiger partial charge is 0.575 e. The number of aromatic nitrogens is 1.